The number of benzene rings is 6. The summed E-state index contributed by atoms with van der Waals surface area (Å²) in [6, 6.07) is 44.5. The number of hydrogen-bond donors (Lipinski definition) is 0. The molecular weight excluding hydrogens is 598 g/mol. The van der Waals surface area contributed by atoms with Crippen molar-refractivity contribution in [1.29, 1.82) is 0 Å². The second-order valence-electron chi connectivity index (χ2n) is 9.30. The van der Waals surface area contributed by atoms with Gasteiger partial charge in [-0.25, -0.2) is 0 Å². The lowest BCUT2D eigenvalue weighted by atomic mass is 10.1. The molecule has 0 saturated carbocycles. The molecule has 0 atom stereocenters. The van der Waals surface area contributed by atoms with Crippen LogP contribution in [0, 0.1) is 0 Å². The quantitative estimate of drug-likeness (QED) is 0.124. The first-order valence-electron chi connectivity index (χ1n) is 13.6. The third-order valence-electron chi connectivity index (χ3n) is 6.10. The van der Waals surface area contributed by atoms with Crippen LogP contribution in [0.1, 0.15) is 0 Å². The Morgan fingerprint density at radius 1 is 0.295 bits per heavy atom. The summed E-state index contributed by atoms with van der Waals surface area (Å²) in [5.74, 6) is 1.57. The number of phosphoric ester groups is 2. The van der Waals surface area contributed by atoms with Crippen molar-refractivity contribution in [3.05, 3.63) is 158 Å². The molecular formula is C34H26O8P2. The molecule has 0 aliphatic carbocycles. The van der Waals surface area contributed by atoms with Crippen LogP contribution in [0.5, 0.6) is 34.5 Å². The van der Waals surface area contributed by atoms with Gasteiger partial charge in [-0.3, -0.25) is 0 Å². The molecule has 0 bridgehead atoms. The largest absolute Gasteiger partial charge is 0.647 e. The van der Waals surface area contributed by atoms with Crippen molar-refractivity contribution in [1.82, 2.24) is 0 Å². The maximum Gasteiger partial charge on any atom is 0.647 e. The minimum Gasteiger partial charge on any atom is -0.386 e. The van der Waals surface area contributed by atoms with E-state index in [9.17, 15) is 9.13 Å². The van der Waals surface area contributed by atoms with Gasteiger partial charge >= 0.3 is 15.6 Å². The normalized spacial score (nSPS) is 11.4. The fourth-order valence-electron chi connectivity index (χ4n) is 4.21. The smallest absolute Gasteiger partial charge is 0.386 e. The van der Waals surface area contributed by atoms with Gasteiger partial charge in [0.2, 0.25) is 0 Å². The zero-order chi connectivity index (χ0) is 30.2. The highest BCUT2D eigenvalue weighted by Gasteiger charge is 2.36. The molecule has 0 amide bonds. The van der Waals surface area contributed by atoms with Crippen LogP contribution in [0.25, 0.3) is 10.8 Å². The summed E-state index contributed by atoms with van der Waals surface area (Å²) in [5, 5.41) is 0.981. The third kappa shape index (κ3) is 7.24. The predicted octanol–water partition coefficient (Wildman–Crippen LogP) is 10.1. The van der Waals surface area contributed by atoms with E-state index in [1.165, 1.54) is 0 Å². The average molecular weight is 625 g/mol. The maximum absolute atomic E-state index is 14.1. The van der Waals surface area contributed by atoms with Gasteiger partial charge in [-0.1, -0.05) is 97.1 Å². The minimum absolute atomic E-state index is 0.186. The second kappa shape index (κ2) is 13.0. The van der Waals surface area contributed by atoms with Crippen LogP contribution in [0.3, 0.4) is 0 Å². The van der Waals surface area contributed by atoms with Crippen molar-refractivity contribution in [2.45, 2.75) is 0 Å². The molecule has 6 rings (SSSR count). The molecule has 10 heteroatoms. The van der Waals surface area contributed by atoms with Gasteiger partial charge in [0, 0.05) is 10.8 Å². The van der Waals surface area contributed by atoms with Gasteiger partial charge in [0.15, 0.2) is 0 Å². The van der Waals surface area contributed by atoms with Gasteiger partial charge in [-0.2, -0.15) is 9.13 Å². The van der Waals surface area contributed by atoms with E-state index in [-0.39, 0.29) is 11.5 Å². The fraction of sp³-hybridized carbons (Fsp3) is 0. The Labute approximate surface area is 254 Å². The molecule has 0 aromatic heterocycles. The summed E-state index contributed by atoms with van der Waals surface area (Å²) in [6.45, 7) is 0. The molecule has 0 aliphatic heterocycles. The molecule has 0 radical (unpaired) electrons. The van der Waals surface area contributed by atoms with Crippen molar-refractivity contribution < 1.29 is 36.3 Å². The standard InChI is InChI=1S/C34H26O8P2/c35-43(37-27-15-5-1-6-16-27,38-28-17-7-2-8-18-28)41-33-25-13-24-32-31(33)23-14-26-34(32)42-44(36,39-29-19-9-3-10-20-29)40-30-21-11-4-12-22-30/h1-26H. The van der Waals surface area contributed by atoms with Gasteiger partial charge in [-0.15, -0.1) is 0 Å². The third-order valence-corrected chi connectivity index (χ3v) is 8.68. The van der Waals surface area contributed by atoms with Crippen LogP contribution in [0.2, 0.25) is 0 Å². The zero-order valence-corrected chi connectivity index (χ0v) is 25.0. The number of para-hydroxylation sites is 4. The molecule has 220 valence electrons. The lowest BCUT2D eigenvalue weighted by molar-refractivity contribution is 0.297. The fourth-order valence-corrected chi connectivity index (χ4v) is 6.75. The molecule has 6 aromatic carbocycles. The lowest BCUT2D eigenvalue weighted by Gasteiger charge is -2.22. The van der Waals surface area contributed by atoms with E-state index in [2.05, 4.69) is 0 Å². The Hall–Kier alpha value is -5.16. The maximum atomic E-state index is 14.1. The lowest BCUT2D eigenvalue weighted by Crippen LogP contribution is -2.08. The summed E-state index contributed by atoms with van der Waals surface area (Å²) < 4.78 is 63.4. The monoisotopic (exact) mass is 624 g/mol. The highest BCUT2D eigenvalue weighted by atomic mass is 31.2. The van der Waals surface area contributed by atoms with Gasteiger partial charge in [0.25, 0.3) is 0 Å². The van der Waals surface area contributed by atoms with E-state index in [1.807, 2.05) is 24.3 Å². The summed E-state index contributed by atoms with van der Waals surface area (Å²) in [5.41, 5.74) is 0. The average Bonchev–Trinajstić information content (AvgIpc) is 3.03. The van der Waals surface area contributed by atoms with E-state index in [1.54, 1.807) is 133 Å². The van der Waals surface area contributed by atoms with Crippen LogP contribution in [0.15, 0.2) is 158 Å². The van der Waals surface area contributed by atoms with Gasteiger partial charge in [-0.05, 0) is 60.7 Å². The summed E-state index contributed by atoms with van der Waals surface area (Å²) in [6.07, 6.45) is 0. The molecule has 0 fully saturated rings. The van der Waals surface area contributed by atoms with Crippen molar-refractivity contribution in [2.24, 2.45) is 0 Å². The Morgan fingerprint density at radius 2 is 0.568 bits per heavy atom. The predicted molar refractivity (Wildman–Crippen MR) is 169 cm³/mol. The highest BCUT2D eigenvalue weighted by Crippen LogP contribution is 2.53. The Morgan fingerprint density at radius 3 is 0.841 bits per heavy atom. The zero-order valence-electron chi connectivity index (χ0n) is 23.2. The first-order valence-corrected chi connectivity index (χ1v) is 16.5. The van der Waals surface area contributed by atoms with Crippen LogP contribution in [-0.4, -0.2) is 0 Å². The van der Waals surface area contributed by atoms with Crippen LogP contribution in [0.4, 0.5) is 0 Å². The molecule has 0 aliphatic rings. The van der Waals surface area contributed by atoms with Crippen LogP contribution >= 0.6 is 15.6 Å². The van der Waals surface area contributed by atoms with E-state index < -0.39 is 15.6 Å². The van der Waals surface area contributed by atoms with Gasteiger partial charge < -0.3 is 27.1 Å². The van der Waals surface area contributed by atoms with E-state index >= 15 is 0 Å². The Kier molecular flexibility index (Phi) is 8.55. The summed E-state index contributed by atoms with van der Waals surface area (Å²) in [7, 11) is -8.56. The SMILES string of the molecule is O=P(Oc1ccccc1)(Oc1ccccc1)Oc1cccc2c(OP(=O)(Oc3ccccc3)Oc3ccccc3)cccc12. The molecule has 0 spiro atoms. The molecule has 0 N–H and O–H groups in total. The molecule has 8 nitrogen and oxygen atoms in total. The number of rotatable bonds is 12. The number of hydrogen-bond acceptors (Lipinski definition) is 8. The van der Waals surface area contributed by atoms with E-state index in [0.717, 1.165) is 0 Å². The van der Waals surface area contributed by atoms with Crippen LogP contribution in [-0.2, 0) is 9.13 Å². The first-order chi connectivity index (χ1) is 21.5. The molecule has 0 unspecified atom stereocenters. The Balaban J connectivity index is 1.35. The van der Waals surface area contributed by atoms with Crippen molar-refractivity contribution in [2.75, 3.05) is 0 Å². The molecule has 44 heavy (non-hydrogen) atoms. The van der Waals surface area contributed by atoms with Crippen LogP contribution < -0.4 is 27.1 Å². The van der Waals surface area contributed by atoms with Crippen molar-refractivity contribution in [3.63, 3.8) is 0 Å². The van der Waals surface area contributed by atoms with Gasteiger partial charge in [0.05, 0.1) is 0 Å². The second-order valence-corrected chi connectivity index (χ2v) is 12.2. The minimum atomic E-state index is -4.28. The Bertz CT molecular complexity index is 1690. The van der Waals surface area contributed by atoms with Gasteiger partial charge in [0.1, 0.15) is 34.5 Å². The number of fused-ring (bicyclic) bond motifs is 1. The summed E-state index contributed by atoms with van der Waals surface area (Å²) in [4.78, 5) is 0. The summed E-state index contributed by atoms with van der Waals surface area (Å²) >= 11 is 0. The topological polar surface area (TPSA) is 89.5 Å². The van der Waals surface area contributed by atoms with Crippen molar-refractivity contribution in [3.8, 4) is 34.5 Å². The molecule has 0 heterocycles. The molecule has 0 saturated heterocycles. The number of phosphoric acid groups is 2. The highest BCUT2D eigenvalue weighted by molar-refractivity contribution is 7.50. The van der Waals surface area contributed by atoms with E-state index in [4.69, 9.17) is 27.1 Å². The van der Waals surface area contributed by atoms with Crippen molar-refractivity contribution >= 4 is 26.4 Å². The van der Waals surface area contributed by atoms with E-state index in [0.29, 0.717) is 33.8 Å². The molecule has 6 aromatic rings. The first kappa shape index (κ1) is 28.9.